The first-order valence-electron chi connectivity index (χ1n) is 7.39. The smallest absolute Gasteiger partial charge is 0.252 e. The zero-order valence-corrected chi connectivity index (χ0v) is 12.4. The Hall–Kier alpha value is -1.83. The van der Waals surface area contributed by atoms with E-state index in [9.17, 15) is 4.79 Å². The van der Waals surface area contributed by atoms with Crippen LogP contribution in [-0.4, -0.2) is 48.7 Å². The lowest BCUT2D eigenvalue weighted by Crippen LogP contribution is -2.44. The molecule has 112 valence electrons. The van der Waals surface area contributed by atoms with Gasteiger partial charge in [-0.25, -0.2) is 0 Å². The van der Waals surface area contributed by atoms with E-state index in [1.165, 1.54) is 12.8 Å². The van der Waals surface area contributed by atoms with E-state index < -0.39 is 0 Å². The summed E-state index contributed by atoms with van der Waals surface area (Å²) in [6.07, 6.45) is 3.59. The minimum Gasteiger partial charge on any atom is -0.384 e. The molecular formula is C17H22N2O2. The van der Waals surface area contributed by atoms with Crippen LogP contribution in [0.25, 0.3) is 0 Å². The molecule has 0 radical (unpaired) electrons. The second kappa shape index (κ2) is 7.82. The highest BCUT2D eigenvalue weighted by atomic mass is 16.2. The molecule has 1 heterocycles. The van der Waals surface area contributed by atoms with Gasteiger partial charge in [-0.2, -0.15) is 0 Å². The molecule has 0 aromatic heterocycles. The van der Waals surface area contributed by atoms with E-state index in [1.807, 2.05) is 12.1 Å². The summed E-state index contributed by atoms with van der Waals surface area (Å²) in [6, 6.07) is 7.64. The number of amides is 1. The van der Waals surface area contributed by atoms with Crippen LogP contribution in [0.4, 0.5) is 0 Å². The number of aliphatic hydroxyl groups excluding tert-OH is 1. The third-order valence-corrected chi connectivity index (χ3v) is 3.89. The summed E-state index contributed by atoms with van der Waals surface area (Å²) in [7, 11) is 2.11. The zero-order valence-electron chi connectivity index (χ0n) is 12.4. The third kappa shape index (κ3) is 4.32. The second-order valence-corrected chi connectivity index (χ2v) is 5.35. The number of piperidine rings is 1. The number of likely N-dealkylation sites (tertiary alicyclic amines) is 1. The number of benzene rings is 1. The van der Waals surface area contributed by atoms with Crippen molar-refractivity contribution in [3.63, 3.8) is 0 Å². The van der Waals surface area contributed by atoms with E-state index in [-0.39, 0.29) is 12.5 Å². The number of hydrogen-bond acceptors (Lipinski definition) is 3. The molecule has 0 saturated carbocycles. The Balaban J connectivity index is 2.00. The summed E-state index contributed by atoms with van der Waals surface area (Å²) in [5.74, 6) is 5.31. The molecule has 1 aliphatic rings. The molecule has 1 aromatic carbocycles. The van der Waals surface area contributed by atoms with Crippen molar-refractivity contribution in [3.8, 4) is 11.8 Å². The van der Waals surface area contributed by atoms with Gasteiger partial charge in [0.1, 0.15) is 6.61 Å². The number of rotatable bonds is 3. The summed E-state index contributed by atoms with van der Waals surface area (Å²) >= 11 is 0. The van der Waals surface area contributed by atoms with Crippen LogP contribution in [0, 0.1) is 11.8 Å². The van der Waals surface area contributed by atoms with Crippen molar-refractivity contribution in [2.24, 2.45) is 0 Å². The van der Waals surface area contributed by atoms with Gasteiger partial charge in [-0.15, -0.1) is 0 Å². The number of nitrogens with zero attached hydrogens (tertiary/aromatic N) is 1. The highest BCUT2D eigenvalue weighted by molar-refractivity contribution is 5.96. The van der Waals surface area contributed by atoms with Gasteiger partial charge >= 0.3 is 0 Å². The number of hydrogen-bond donors (Lipinski definition) is 2. The van der Waals surface area contributed by atoms with E-state index in [2.05, 4.69) is 29.1 Å². The maximum Gasteiger partial charge on any atom is 0.252 e. The lowest BCUT2D eigenvalue weighted by molar-refractivity contribution is 0.0928. The van der Waals surface area contributed by atoms with Crippen molar-refractivity contribution < 1.29 is 9.90 Å². The van der Waals surface area contributed by atoms with Crippen LogP contribution in [0.15, 0.2) is 24.3 Å². The fourth-order valence-electron chi connectivity index (χ4n) is 2.63. The Kier molecular flexibility index (Phi) is 5.79. The predicted octanol–water partition coefficient (Wildman–Crippen LogP) is 1.24. The van der Waals surface area contributed by atoms with Gasteiger partial charge in [0.15, 0.2) is 0 Å². The lowest BCUT2D eigenvalue weighted by Gasteiger charge is -2.32. The monoisotopic (exact) mass is 286 g/mol. The molecular weight excluding hydrogens is 264 g/mol. The largest absolute Gasteiger partial charge is 0.384 e. The van der Waals surface area contributed by atoms with E-state index in [1.54, 1.807) is 12.1 Å². The molecule has 2 N–H and O–H groups in total. The standard InChI is InChI=1S/C17H22N2O2/c1-19-11-5-4-9-15(19)13-18-17(21)16-10-3-2-7-14(16)8-6-12-20/h2-3,7,10,15,20H,4-5,9,11-13H2,1H3,(H,18,21). The Morgan fingerprint density at radius 3 is 3.00 bits per heavy atom. The fourth-order valence-corrected chi connectivity index (χ4v) is 2.63. The Morgan fingerprint density at radius 2 is 2.24 bits per heavy atom. The van der Waals surface area contributed by atoms with Crippen molar-refractivity contribution in [3.05, 3.63) is 35.4 Å². The summed E-state index contributed by atoms with van der Waals surface area (Å²) in [5.41, 5.74) is 1.22. The summed E-state index contributed by atoms with van der Waals surface area (Å²) in [4.78, 5) is 14.6. The molecule has 1 aliphatic heterocycles. The van der Waals surface area contributed by atoms with Crippen molar-refractivity contribution >= 4 is 5.91 Å². The molecule has 1 atom stereocenters. The van der Waals surface area contributed by atoms with Gasteiger partial charge in [-0.3, -0.25) is 4.79 Å². The molecule has 0 aliphatic carbocycles. The lowest BCUT2D eigenvalue weighted by atomic mass is 10.0. The quantitative estimate of drug-likeness (QED) is 0.822. The number of carbonyl (C=O) groups excluding carboxylic acids is 1. The number of carbonyl (C=O) groups is 1. The van der Waals surface area contributed by atoms with Crippen LogP contribution in [0.5, 0.6) is 0 Å². The van der Waals surface area contributed by atoms with Crippen molar-refractivity contribution in [1.82, 2.24) is 10.2 Å². The molecule has 4 heteroatoms. The van der Waals surface area contributed by atoms with Crippen LogP contribution in [0.2, 0.25) is 0 Å². The molecule has 1 aromatic rings. The van der Waals surface area contributed by atoms with Crippen LogP contribution in [0.1, 0.15) is 35.2 Å². The molecule has 4 nitrogen and oxygen atoms in total. The van der Waals surface area contributed by atoms with Crippen LogP contribution in [0.3, 0.4) is 0 Å². The summed E-state index contributed by atoms with van der Waals surface area (Å²) < 4.78 is 0. The third-order valence-electron chi connectivity index (χ3n) is 3.89. The fraction of sp³-hybridized carbons (Fsp3) is 0.471. The van der Waals surface area contributed by atoms with Gasteiger partial charge in [0.05, 0.1) is 5.56 Å². The van der Waals surface area contributed by atoms with Crippen LogP contribution < -0.4 is 5.32 Å². The maximum atomic E-state index is 12.3. The average molecular weight is 286 g/mol. The van der Waals surface area contributed by atoms with Gasteiger partial charge in [-0.1, -0.05) is 30.4 Å². The second-order valence-electron chi connectivity index (χ2n) is 5.35. The van der Waals surface area contributed by atoms with E-state index >= 15 is 0 Å². The minimum absolute atomic E-state index is 0.100. The highest BCUT2D eigenvalue weighted by Crippen LogP contribution is 2.14. The molecule has 1 unspecified atom stereocenters. The first-order chi connectivity index (χ1) is 10.2. The summed E-state index contributed by atoms with van der Waals surface area (Å²) in [5, 5.41) is 11.8. The molecule has 1 saturated heterocycles. The highest BCUT2D eigenvalue weighted by Gasteiger charge is 2.20. The van der Waals surface area contributed by atoms with Crippen LogP contribution >= 0.6 is 0 Å². The van der Waals surface area contributed by atoms with Gasteiger partial charge in [0, 0.05) is 18.2 Å². The normalized spacial score (nSPS) is 18.7. The molecule has 0 bridgehead atoms. The Bertz CT molecular complexity index is 545. The maximum absolute atomic E-state index is 12.3. The Morgan fingerprint density at radius 1 is 1.43 bits per heavy atom. The average Bonchev–Trinajstić information content (AvgIpc) is 2.52. The van der Waals surface area contributed by atoms with E-state index in [0.29, 0.717) is 23.7 Å². The number of likely N-dealkylation sites (N-methyl/N-ethyl adjacent to an activating group) is 1. The van der Waals surface area contributed by atoms with E-state index in [4.69, 9.17) is 5.11 Å². The topological polar surface area (TPSA) is 52.6 Å². The number of aliphatic hydroxyl groups is 1. The molecule has 21 heavy (non-hydrogen) atoms. The molecule has 1 amide bonds. The number of nitrogens with one attached hydrogen (secondary N) is 1. The van der Waals surface area contributed by atoms with Gasteiger partial charge in [0.25, 0.3) is 5.91 Å². The van der Waals surface area contributed by atoms with Gasteiger partial charge < -0.3 is 15.3 Å². The summed E-state index contributed by atoms with van der Waals surface area (Å²) in [6.45, 7) is 1.55. The van der Waals surface area contributed by atoms with Crippen molar-refractivity contribution in [2.75, 3.05) is 26.7 Å². The first-order valence-corrected chi connectivity index (χ1v) is 7.39. The van der Waals surface area contributed by atoms with Crippen LogP contribution in [-0.2, 0) is 0 Å². The predicted molar refractivity (Wildman–Crippen MR) is 83.0 cm³/mol. The van der Waals surface area contributed by atoms with Crippen molar-refractivity contribution in [1.29, 1.82) is 0 Å². The van der Waals surface area contributed by atoms with Gasteiger partial charge in [-0.05, 0) is 38.6 Å². The zero-order chi connectivity index (χ0) is 15.1. The van der Waals surface area contributed by atoms with Crippen molar-refractivity contribution in [2.45, 2.75) is 25.3 Å². The molecule has 2 rings (SSSR count). The molecule has 0 spiro atoms. The SMILES string of the molecule is CN1CCCCC1CNC(=O)c1ccccc1C#CCO. The van der Waals surface area contributed by atoms with E-state index in [0.717, 1.165) is 13.0 Å². The minimum atomic E-state index is -0.206. The Labute approximate surface area is 126 Å². The van der Waals surface area contributed by atoms with Gasteiger partial charge in [0.2, 0.25) is 0 Å². The first kappa shape index (κ1) is 15.6. The molecule has 1 fully saturated rings.